The molecule has 1 aromatic rings. The van der Waals surface area contributed by atoms with Crippen LogP contribution in [0.3, 0.4) is 0 Å². The fraction of sp³-hybridized carbons (Fsp3) is 0.462. The van der Waals surface area contributed by atoms with Gasteiger partial charge in [0.1, 0.15) is 0 Å². The predicted molar refractivity (Wildman–Crippen MR) is 65.8 cm³/mol. The van der Waals surface area contributed by atoms with Gasteiger partial charge in [-0.1, -0.05) is 0 Å². The maximum atomic E-state index is 12.0. The minimum absolute atomic E-state index is 0.0113. The van der Waals surface area contributed by atoms with Crippen LogP contribution in [0.15, 0.2) is 18.2 Å². The van der Waals surface area contributed by atoms with Crippen LogP contribution in [0.2, 0.25) is 0 Å². The Balaban J connectivity index is 1.67. The summed E-state index contributed by atoms with van der Waals surface area (Å²) in [5.41, 5.74) is 0.464. The van der Waals surface area contributed by atoms with Gasteiger partial charge in [0.15, 0.2) is 11.5 Å². The summed E-state index contributed by atoms with van der Waals surface area (Å²) in [5, 5.41) is 15.9. The number of nitrogens with one attached hydrogen (secondary N) is 2. The van der Waals surface area contributed by atoms with Gasteiger partial charge in [0, 0.05) is 24.7 Å². The lowest BCUT2D eigenvalue weighted by atomic mass is 10.2. The number of carbonyl (C=O) groups is 1. The van der Waals surface area contributed by atoms with Crippen molar-refractivity contribution in [2.45, 2.75) is 6.04 Å². The first-order valence-corrected chi connectivity index (χ1v) is 6.09. The number of hydrogen-bond donors (Lipinski definition) is 3. The molecule has 0 aromatic heterocycles. The Kier molecular flexibility index (Phi) is 2.63. The standard InChI is InChI=1S/C13H16N2O3/c1-18-11-3-2-7(4-10(11)16)13(17)15-12-8-5-14-6-9(8)12/h2-4,8-9,12,14,16H,5-6H2,1H3,(H,15,17). The molecule has 18 heavy (non-hydrogen) atoms. The van der Waals surface area contributed by atoms with Crippen molar-refractivity contribution in [1.29, 1.82) is 0 Å². The average Bonchev–Trinajstić information content (AvgIpc) is 2.82. The van der Waals surface area contributed by atoms with Gasteiger partial charge in [-0.15, -0.1) is 0 Å². The number of fused-ring (bicyclic) bond motifs is 1. The van der Waals surface area contributed by atoms with Gasteiger partial charge in [-0.3, -0.25) is 4.79 Å². The van der Waals surface area contributed by atoms with E-state index in [1.165, 1.54) is 13.2 Å². The molecule has 2 fully saturated rings. The first kappa shape index (κ1) is 11.3. The third kappa shape index (κ3) is 1.80. The van der Waals surface area contributed by atoms with Crippen molar-refractivity contribution in [3.05, 3.63) is 23.8 Å². The van der Waals surface area contributed by atoms with E-state index in [2.05, 4.69) is 10.6 Å². The number of amides is 1. The lowest BCUT2D eigenvalue weighted by Gasteiger charge is -2.09. The summed E-state index contributed by atoms with van der Waals surface area (Å²) in [6.07, 6.45) is 0. The smallest absolute Gasteiger partial charge is 0.251 e. The number of carbonyl (C=O) groups excluding carboxylic acids is 1. The highest BCUT2D eigenvalue weighted by atomic mass is 16.5. The highest BCUT2D eigenvalue weighted by Crippen LogP contribution is 2.41. The van der Waals surface area contributed by atoms with Crippen LogP contribution in [0.4, 0.5) is 0 Å². The van der Waals surface area contributed by atoms with Gasteiger partial charge < -0.3 is 20.5 Å². The van der Waals surface area contributed by atoms with Crippen LogP contribution in [-0.4, -0.2) is 37.3 Å². The van der Waals surface area contributed by atoms with Gasteiger partial charge in [-0.25, -0.2) is 0 Å². The molecule has 2 aliphatic rings. The Morgan fingerprint density at radius 3 is 2.78 bits per heavy atom. The van der Waals surface area contributed by atoms with E-state index < -0.39 is 0 Å². The second kappa shape index (κ2) is 4.17. The average molecular weight is 248 g/mol. The molecule has 1 aliphatic carbocycles. The van der Waals surface area contributed by atoms with Crippen LogP contribution >= 0.6 is 0 Å². The lowest BCUT2D eigenvalue weighted by molar-refractivity contribution is 0.0946. The number of rotatable bonds is 3. The number of phenolic OH excluding ortho intramolecular Hbond substituents is 1. The number of piperidine rings is 1. The van der Waals surface area contributed by atoms with E-state index in [0.717, 1.165) is 13.1 Å². The molecule has 3 rings (SSSR count). The first-order chi connectivity index (χ1) is 8.70. The van der Waals surface area contributed by atoms with Crippen molar-refractivity contribution in [1.82, 2.24) is 10.6 Å². The SMILES string of the molecule is COc1ccc(C(=O)NC2C3CNCC32)cc1O. The quantitative estimate of drug-likeness (QED) is 0.722. The van der Waals surface area contributed by atoms with E-state index in [0.29, 0.717) is 29.2 Å². The van der Waals surface area contributed by atoms with Crippen LogP contribution in [0, 0.1) is 11.8 Å². The maximum Gasteiger partial charge on any atom is 0.251 e. The second-order valence-electron chi connectivity index (χ2n) is 4.87. The molecule has 0 spiro atoms. The summed E-state index contributed by atoms with van der Waals surface area (Å²) in [6, 6.07) is 4.98. The minimum atomic E-state index is -0.132. The zero-order valence-corrected chi connectivity index (χ0v) is 10.1. The Morgan fingerprint density at radius 2 is 2.17 bits per heavy atom. The molecule has 1 saturated heterocycles. The Morgan fingerprint density at radius 1 is 1.44 bits per heavy atom. The monoisotopic (exact) mass is 248 g/mol. The van der Waals surface area contributed by atoms with E-state index in [4.69, 9.17) is 4.74 Å². The van der Waals surface area contributed by atoms with Gasteiger partial charge in [-0.05, 0) is 30.0 Å². The Hall–Kier alpha value is -1.75. The molecule has 5 nitrogen and oxygen atoms in total. The number of benzene rings is 1. The van der Waals surface area contributed by atoms with Gasteiger partial charge in [0.2, 0.25) is 0 Å². The van der Waals surface area contributed by atoms with Crippen molar-refractivity contribution in [3.63, 3.8) is 0 Å². The zero-order chi connectivity index (χ0) is 12.7. The molecule has 0 radical (unpaired) electrons. The molecular formula is C13H16N2O3. The molecule has 1 amide bonds. The number of ether oxygens (including phenoxy) is 1. The van der Waals surface area contributed by atoms with Crippen molar-refractivity contribution in [3.8, 4) is 11.5 Å². The summed E-state index contributed by atoms with van der Waals surface area (Å²) < 4.78 is 4.94. The number of hydrogen-bond acceptors (Lipinski definition) is 4. The van der Waals surface area contributed by atoms with Crippen LogP contribution in [0.5, 0.6) is 11.5 Å². The van der Waals surface area contributed by atoms with Gasteiger partial charge >= 0.3 is 0 Å². The van der Waals surface area contributed by atoms with E-state index in [-0.39, 0.29) is 11.7 Å². The largest absolute Gasteiger partial charge is 0.504 e. The molecule has 2 unspecified atom stereocenters. The molecule has 0 bridgehead atoms. The summed E-state index contributed by atoms with van der Waals surface area (Å²) >= 11 is 0. The van der Waals surface area contributed by atoms with E-state index >= 15 is 0 Å². The van der Waals surface area contributed by atoms with Crippen LogP contribution < -0.4 is 15.4 Å². The van der Waals surface area contributed by atoms with Crippen molar-refractivity contribution in [2.24, 2.45) is 11.8 Å². The number of phenols is 1. The fourth-order valence-corrected chi connectivity index (χ4v) is 2.70. The molecule has 3 N–H and O–H groups in total. The summed E-state index contributed by atoms with van der Waals surface area (Å²) in [6.45, 7) is 1.98. The number of methoxy groups -OCH3 is 1. The van der Waals surface area contributed by atoms with Crippen molar-refractivity contribution >= 4 is 5.91 Å². The predicted octanol–water partition coefficient (Wildman–Crippen LogP) is 0.348. The lowest BCUT2D eigenvalue weighted by Crippen LogP contribution is -2.32. The summed E-state index contributed by atoms with van der Waals surface area (Å²) in [5.74, 6) is 1.40. The molecule has 5 heteroatoms. The minimum Gasteiger partial charge on any atom is -0.504 e. The van der Waals surface area contributed by atoms with E-state index in [9.17, 15) is 9.90 Å². The molecule has 2 atom stereocenters. The fourth-order valence-electron chi connectivity index (χ4n) is 2.70. The molecule has 96 valence electrons. The van der Waals surface area contributed by atoms with Gasteiger partial charge in [0.25, 0.3) is 5.91 Å². The zero-order valence-electron chi connectivity index (χ0n) is 10.1. The van der Waals surface area contributed by atoms with Crippen molar-refractivity contribution in [2.75, 3.05) is 20.2 Å². The molecule has 1 saturated carbocycles. The Labute approximate surface area is 105 Å². The molecule has 1 aliphatic heterocycles. The van der Waals surface area contributed by atoms with Gasteiger partial charge in [-0.2, -0.15) is 0 Å². The third-order valence-corrected chi connectivity index (χ3v) is 3.83. The second-order valence-corrected chi connectivity index (χ2v) is 4.87. The van der Waals surface area contributed by atoms with Gasteiger partial charge in [0.05, 0.1) is 7.11 Å². The van der Waals surface area contributed by atoms with Crippen molar-refractivity contribution < 1.29 is 14.6 Å². The van der Waals surface area contributed by atoms with Crippen LogP contribution in [0.1, 0.15) is 10.4 Å². The molecule has 1 heterocycles. The molecule has 1 aromatic carbocycles. The van der Waals surface area contributed by atoms with Crippen LogP contribution in [0.25, 0.3) is 0 Å². The van der Waals surface area contributed by atoms with E-state index in [1.807, 2.05) is 0 Å². The normalized spacial score (nSPS) is 28.6. The number of aromatic hydroxyl groups is 1. The Bertz CT molecular complexity index is 479. The highest BCUT2D eigenvalue weighted by Gasteiger charge is 2.53. The topological polar surface area (TPSA) is 70.6 Å². The summed E-state index contributed by atoms with van der Waals surface area (Å²) in [7, 11) is 1.48. The van der Waals surface area contributed by atoms with E-state index in [1.54, 1.807) is 12.1 Å². The maximum absolute atomic E-state index is 12.0. The summed E-state index contributed by atoms with van der Waals surface area (Å²) in [4.78, 5) is 12.0. The third-order valence-electron chi connectivity index (χ3n) is 3.83. The highest BCUT2D eigenvalue weighted by molar-refractivity contribution is 5.95. The molecular weight excluding hydrogens is 232 g/mol. The first-order valence-electron chi connectivity index (χ1n) is 6.09. The van der Waals surface area contributed by atoms with Crippen LogP contribution in [-0.2, 0) is 0 Å².